The summed E-state index contributed by atoms with van der Waals surface area (Å²) in [6.45, 7) is 0. The summed E-state index contributed by atoms with van der Waals surface area (Å²) in [6, 6.07) is 35.0. The number of aromatic amines is 1. The van der Waals surface area contributed by atoms with E-state index in [1.165, 1.54) is 63.9 Å². The van der Waals surface area contributed by atoms with Crippen molar-refractivity contribution in [3.63, 3.8) is 0 Å². The first-order chi connectivity index (χ1) is 14.9. The number of aromatic nitrogens is 1. The van der Waals surface area contributed by atoms with Gasteiger partial charge >= 0.3 is 0 Å². The van der Waals surface area contributed by atoms with Crippen molar-refractivity contribution in [3.05, 3.63) is 97.1 Å². The topological polar surface area (TPSA) is 15.8 Å². The summed E-state index contributed by atoms with van der Waals surface area (Å²) in [6.07, 6.45) is 0. The summed E-state index contributed by atoms with van der Waals surface area (Å²) in [5.41, 5.74) is 4.94. The van der Waals surface area contributed by atoms with E-state index in [1.807, 2.05) is 11.3 Å². The maximum absolute atomic E-state index is 3.79. The Hall–Kier alpha value is -3.62. The molecule has 7 aromatic rings. The fourth-order valence-corrected chi connectivity index (χ4v) is 6.09. The third-order valence-electron chi connectivity index (χ3n) is 6.19. The third-order valence-corrected chi connectivity index (χ3v) is 7.38. The fraction of sp³-hybridized carbons (Fsp3) is 0. The largest absolute Gasteiger partial charge is 0.353 e. The minimum absolute atomic E-state index is 1.20. The molecule has 0 unspecified atom stereocenters. The fourth-order valence-electron chi connectivity index (χ4n) is 4.87. The van der Waals surface area contributed by atoms with E-state index >= 15 is 0 Å². The highest BCUT2D eigenvalue weighted by molar-refractivity contribution is 7.27. The molecule has 0 bridgehead atoms. The lowest BCUT2D eigenvalue weighted by Crippen LogP contribution is -1.78. The van der Waals surface area contributed by atoms with Gasteiger partial charge in [0.05, 0.1) is 10.2 Å². The minimum atomic E-state index is 1.20. The Bertz CT molecular complexity index is 1740. The second kappa shape index (κ2) is 5.94. The number of H-pyrrole nitrogens is 1. The van der Waals surface area contributed by atoms with Crippen molar-refractivity contribution in [2.45, 2.75) is 0 Å². The van der Waals surface area contributed by atoms with Crippen LogP contribution in [-0.4, -0.2) is 4.98 Å². The summed E-state index contributed by atoms with van der Waals surface area (Å²) in [4.78, 5) is 3.79. The zero-order valence-corrected chi connectivity index (χ0v) is 17.0. The molecule has 0 spiro atoms. The van der Waals surface area contributed by atoms with E-state index in [1.54, 1.807) is 0 Å². The highest BCUT2D eigenvalue weighted by atomic mass is 32.1. The molecule has 2 heterocycles. The number of fused-ring (bicyclic) bond motifs is 10. The lowest BCUT2D eigenvalue weighted by atomic mass is 9.98. The molecule has 30 heavy (non-hydrogen) atoms. The van der Waals surface area contributed by atoms with Gasteiger partial charge in [0.1, 0.15) is 0 Å². The minimum Gasteiger partial charge on any atom is -0.353 e. The second-order valence-corrected chi connectivity index (χ2v) is 8.90. The van der Waals surface area contributed by atoms with Gasteiger partial charge in [-0.05, 0) is 34.0 Å². The molecule has 0 aliphatic rings. The van der Waals surface area contributed by atoms with Crippen molar-refractivity contribution in [2.24, 2.45) is 0 Å². The molecule has 0 aliphatic carbocycles. The lowest BCUT2D eigenvalue weighted by Gasteiger charge is -2.05. The van der Waals surface area contributed by atoms with Gasteiger partial charge in [-0.1, -0.05) is 84.9 Å². The van der Waals surface area contributed by atoms with Gasteiger partial charge in [0.25, 0.3) is 0 Å². The molecule has 0 amide bonds. The SMILES string of the molecule is c1ccc(-c2ccc3c(c2)[nH]c2c4sc5ccccc5c4c4ccccc4c32)cc1. The van der Waals surface area contributed by atoms with E-state index in [4.69, 9.17) is 0 Å². The van der Waals surface area contributed by atoms with Gasteiger partial charge in [0.15, 0.2) is 0 Å². The second-order valence-electron chi connectivity index (χ2n) is 7.85. The Morgan fingerprint density at radius 2 is 1.23 bits per heavy atom. The number of benzene rings is 5. The van der Waals surface area contributed by atoms with Crippen LogP contribution in [0.25, 0.3) is 63.9 Å². The predicted molar refractivity (Wildman–Crippen MR) is 132 cm³/mol. The predicted octanol–water partition coefficient (Wildman–Crippen LogP) is 8.51. The summed E-state index contributed by atoms with van der Waals surface area (Å²) in [5, 5.41) is 8.00. The molecule has 0 atom stereocenters. The van der Waals surface area contributed by atoms with Gasteiger partial charge in [-0.25, -0.2) is 0 Å². The maximum atomic E-state index is 3.79. The first-order valence-electron chi connectivity index (χ1n) is 10.2. The lowest BCUT2D eigenvalue weighted by molar-refractivity contribution is 1.56. The van der Waals surface area contributed by atoms with E-state index in [2.05, 4.69) is 102 Å². The van der Waals surface area contributed by atoms with Crippen LogP contribution >= 0.6 is 11.3 Å². The summed E-state index contributed by atoms with van der Waals surface area (Å²) in [5.74, 6) is 0. The van der Waals surface area contributed by atoms with Crippen molar-refractivity contribution in [1.82, 2.24) is 4.98 Å². The zero-order valence-electron chi connectivity index (χ0n) is 16.1. The Kier molecular flexibility index (Phi) is 3.21. The number of hydrogen-bond acceptors (Lipinski definition) is 1. The summed E-state index contributed by atoms with van der Waals surface area (Å²) >= 11 is 1.89. The van der Waals surface area contributed by atoms with Crippen LogP contribution in [0.2, 0.25) is 0 Å². The highest BCUT2D eigenvalue weighted by Crippen LogP contribution is 2.45. The summed E-state index contributed by atoms with van der Waals surface area (Å²) in [7, 11) is 0. The number of thiophene rings is 1. The molecule has 1 N–H and O–H groups in total. The van der Waals surface area contributed by atoms with Crippen molar-refractivity contribution in [2.75, 3.05) is 0 Å². The maximum Gasteiger partial charge on any atom is 0.0653 e. The zero-order chi connectivity index (χ0) is 19.7. The van der Waals surface area contributed by atoms with Crippen molar-refractivity contribution in [1.29, 1.82) is 0 Å². The molecule has 2 aromatic heterocycles. The van der Waals surface area contributed by atoms with Gasteiger partial charge in [0.2, 0.25) is 0 Å². The van der Waals surface area contributed by atoms with E-state index in [9.17, 15) is 0 Å². The smallest absolute Gasteiger partial charge is 0.0653 e. The van der Waals surface area contributed by atoms with E-state index in [0.29, 0.717) is 0 Å². The third kappa shape index (κ3) is 2.11. The van der Waals surface area contributed by atoms with E-state index in [-0.39, 0.29) is 0 Å². The molecular formula is C28H17NS. The van der Waals surface area contributed by atoms with Crippen LogP contribution < -0.4 is 0 Å². The molecule has 2 heteroatoms. The Balaban J connectivity index is 1.69. The highest BCUT2D eigenvalue weighted by Gasteiger charge is 2.17. The van der Waals surface area contributed by atoms with Crippen LogP contribution in [0.15, 0.2) is 97.1 Å². The van der Waals surface area contributed by atoms with Crippen LogP contribution in [0.5, 0.6) is 0 Å². The van der Waals surface area contributed by atoms with Crippen LogP contribution in [0.4, 0.5) is 0 Å². The Morgan fingerprint density at radius 1 is 0.533 bits per heavy atom. The molecular weight excluding hydrogens is 382 g/mol. The van der Waals surface area contributed by atoms with Crippen molar-refractivity contribution in [3.8, 4) is 11.1 Å². The van der Waals surface area contributed by atoms with Gasteiger partial charge < -0.3 is 4.98 Å². The van der Waals surface area contributed by atoms with Gasteiger partial charge in [-0.15, -0.1) is 11.3 Å². The molecule has 0 radical (unpaired) electrons. The molecule has 0 saturated carbocycles. The molecule has 5 aromatic carbocycles. The van der Waals surface area contributed by atoms with Crippen LogP contribution in [0.1, 0.15) is 0 Å². The normalized spacial score (nSPS) is 12.0. The molecule has 1 nitrogen and oxygen atoms in total. The van der Waals surface area contributed by atoms with Gasteiger partial charge in [0, 0.05) is 31.8 Å². The van der Waals surface area contributed by atoms with Crippen molar-refractivity contribution >= 4 is 64.1 Å². The van der Waals surface area contributed by atoms with Gasteiger partial charge in [-0.3, -0.25) is 0 Å². The van der Waals surface area contributed by atoms with Crippen molar-refractivity contribution < 1.29 is 0 Å². The first kappa shape index (κ1) is 16.2. The standard InChI is InChI=1S/C28H17NS/c1-2-8-17(9-3-1)18-14-15-21-23(16-18)29-27-25(21)19-10-4-5-11-20(19)26-22-12-6-7-13-24(22)30-28(26)27/h1-16,29H. The Morgan fingerprint density at radius 3 is 2.07 bits per heavy atom. The summed E-state index contributed by atoms with van der Waals surface area (Å²) < 4.78 is 2.69. The number of nitrogens with one attached hydrogen (secondary N) is 1. The molecule has 0 saturated heterocycles. The van der Waals surface area contributed by atoms with Gasteiger partial charge in [-0.2, -0.15) is 0 Å². The monoisotopic (exact) mass is 399 g/mol. The first-order valence-corrected chi connectivity index (χ1v) is 11.0. The van der Waals surface area contributed by atoms with Crippen LogP contribution in [0.3, 0.4) is 0 Å². The average Bonchev–Trinajstić information content (AvgIpc) is 3.38. The quantitative estimate of drug-likeness (QED) is 0.285. The Labute approximate surface area is 177 Å². The average molecular weight is 400 g/mol. The number of hydrogen-bond donors (Lipinski definition) is 1. The molecule has 7 rings (SSSR count). The van der Waals surface area contributed by atoms with Crippen LogP contribution in [0, 0.1) is 0 Å². The van der Waals surface area contributed by atoms with Crippen LogP contribution in [-0.2, 0) is 0 Å². The molecule has 0 fully saturated rings. The van der Waals surface area contributed by atoms with E-state index < -0.39 is 0 Å². The molecule has 140 valence electrons. The van der Waals surface area contributed by atoms with E-state index in [0.717, 1.165) is 0 Å². The molecule has 0 aliphatic heterocycles. The number of rotatable bonds is 1.